The zero-order valence-corrected chi connectivity index (χ0v) is 12.3. The molecule has 1 rings (SSSR count). The molecular weight excluding hydrogens is 258 g/mol. The number of hydrogen-bond acceptors (Lipinski definition) is 4. The molecule has 1 heterocycles. The Bertz CT molecular complexity index is 521. The number of amides is 1. The number of pyridine rings is 1. The summed E-state index contributed by atoms with van der Waals surface area (Å²) in [6, 6.07) is 3.02. The lowest BCUT2D eigenvalue weighted by Crippen LogP contribution is -2.34. The van der Waals surface area contributed by atoms with Crippen LogP contribution in [0.25, 0.3) is 0 Å². The number of carboxylic acids is 1. The highest BCUT2D eigenvalue weighted by Crippen LogP contribution is 2.25. The lowest BCUT2D eigenvalue weighted by molar-refractivity contribution is -0.116. The van der Waals surface area contributed by atoms with Gasteiger partial charge in [-0.1, -0.05) is 20.8 Å². The van der Waals surface area contributed by atoms with Gasteiger partial charge in [-0.25, -0.2) is 9.78 Å². The molecule has 0 atom stereocenters. The molecule has 1 aromatic heterocycles. The molecule has 0 saturated heterocycles. The molecule has 6 heteroatoms. The Kier molecular flexibility index (Phi) is 4.70. The average Bonchev–Trinajstić information content (AvgIpc) is 2.34. The first-order valence-corrected chi connectivity index (χ1v) is 6.44. The van der Waals surface area contributed by atoms with Gasteiger partial charge in [0.1, 0.15) is 5.82 Å². The van der Waals surface area contributed by atoms with E-state index in [0.717, 1.165) is 0 Å². The Labute approximate surface area is 118 Å². The van der Waals surface area contributed by atoms with E-state index in [1.807, 2.05) is 27.7 Å². The van der Waals surface area contributed by atoms with Crippen molar-refractivity contribution >= 4 is 17.7 Å². The van der Waals surface area contributed by atoms with E-state index in [-0.39, 0.29) is 17.5 Å². The molecular formula is C14H21N3O3. The standard InChI is InChI=1S/C14H21N3O3/c1-5-17(8-11(15)18)12-7-9(13(19)20)6-10(16-12)14(2,3)4/h6-7H,5,8H2,1-4H3,(H2,15,18)(H,19,20). The minimum Gasteiger partial charge on any atom is -0.478 e. The summed E-state index contributed by atoms with van der Waals surface area (Å²) < 4.78 is 0. The van der Waals surface area contributed by atoms with Crippen molar-refractivity contribution in [3.05, 3.63) is 23.4 Å². The zero-order chi connectivity index (χ0) is 15.5. The van der Waals surface area contributed by atoms with Gasteiger partial charge in [0.05, 0.1) is 12.1 Å². The number of likely N-dealkylation sites (N-methyl/N-ethyl adjacent to an activating group) is 1. The second kappa shape index (κ2) is 5.90. The van der Waals surface area contributed by atoms with Crippen LogP contribution in [0.3, 0.4) is 0 Å². The van der Waals surface area contributed by atoms with Gasteiger partial charge in [0.2, 0.25) is 5.91 Å². The van der Waals surface area contributed by atoms with Crippen LogP contribution in [-0.2, 0) is 10.2 Å². The summed E-state index contributed by atoms with van der Waals surface area (Å²) in [4.78, 5) is 28.4. The fourth-order valence-corrected chi connectivity index (χ4v) is 1.73. The first kappa shape index (κ1) is 15.9. The molecule has 0 aliphatic rings. The van der Waals surface area contributed by atoms with E-state index in [0.29, 0.717) is 18.1 Å². The fourth-order valence-electron chi connectivity index (χ4n) is 1.73. The molecule has 0 fully saturated rings. The number of carbonyl (C=O) groups excluding carboxylic acids is 1. The first-order valence-electron chi connectivity index (χ1n) is 6.44. The van der Waals surface area contributed by atoms with E-state index in [1.165, 1.54) is 6.07 Å². The maximum absolute atomic E-state index is 11.2. The zero-order valence-electron chi connectivity index (χ0n) is 12.3. The number of nitrogens with two attached hydrogens (primary N) is 1. The molecule has 110 valence electrons. The van der Waals surface area contributed by atoms with Crippen molar-refractivity contribution in [3.63, 3.8) is 0 Å². The van der Waals surface area contributed by atoms with Crippen LogP contribution >= 0.6 is 0 Å². The lowest BCUT2D eigenvalue weighted by atomic mass is 9.90. The Morgan fingerprint density at radius 1 is 1.35 bits per heavy atom. The average molecular weight is 279 g/mol. The number of hydrogen-bond donors (Lipinski definition) is 2. The highest BCUT2D eigenvalue weighted by Gasteiger charge is 2.21. The molecule has 1 aromatic rings. The maximum atomic E-state index is 11.2. The van der Waals surface area contributed by atoms with Crippen LogP contribution in [0.1, 0.15) is 43.7 Å². The number of anilines is 1. The van der Waals surface area contributed by atoms with Gasteiger partial charge in [0, 0.05) is 17.7 Å². The molecule has 6 nitrogen and oxygen atoms in total. The van der Waals surface area contributed by atoms with E-state index in [4.69, 9.17) is 5.73 Å². The Hall–Kier alpha value is -2.11. The Morgan fingerprint density at radius 2 is 1.95 bits per heavy atom. The number of rotatable bonds is 5. The highest BCUT2D eigenvalue weighted by molar-refractivity contribution is 5.89. The second-order valence-corrected chi connectivity index (χ2v) is 5.63. The van der Waals surface area contributed by atoms with Crippen LogP contribution in [0.5, 0.6) is 0 Å². The molecule has 0 spiro atoms. The predicted molar refractivity (Wildman–Crippen MR) is 77.0 cm³/mol. The number of carboxylic acid groups (broad SMARTS) is 1. The third kappa shape index (κ3) is 3.94. The molecule has 0 aliphatic carbocycles. The summed E-state index contributed by atoms with van der Waals surface area (Å²) in [6.07, 6.45) is 0. The first-order chi connectivity index (χ1) is 9.15. The summed E-state index contributed by atoms with van der Waals surface area (Å²) in [6.45, 7) is 8.24. The Morgan fingerprint density at radius 3 is 2.35 bits per heavy atom. The van der Waals surface area contributed by atoms with E-state index < -0.39 is 11.9 Å². The number of aromatic carboxylic acids is 1. The highest BCUT2D eigenvalue weighted by atomic mass is 16.4. The van der Waals surface area contributed by atoms with Crippen molar-refractivity contribution in [2.75, 3.05) is 18.0 Å². The minimum absolute atomic E-state index is 0.0101. The molecule has 0 aliphatic heterocycles. The van der Waals surface area contributed by atoms with Crippen molar-refractivity contribution in [1.29, 1.82) is 0 Å². The molecule has 3 N–H and O–H groups in total. The summed E-state index contributed by atoms with van der Waals surface area (Å²) >= 11 is 0. The van der Waals surface area contributed by atoms with Crippen LogP contribution in [0.15, 0.2) is 12.1 Å². The van der Waals surface area contributed by atoms with Crippen LogP contribution in [-0.4, -0.2) is 35.1 Å². The van der Waals surface area contributed by atoms with Gasteiger partial charge in [0.25, 0.3) is 0 Å². The van der Waals surface area contributed by atoms with Gasteiger partial charge in [-0.05, 0) is 19.1 Å². The van der Waals surface area contributed by atoms with Crippen molar-refractivity contribution in [1.82, 2.24) is 4.98 Å². The second-order valence-electron chi connectivity index (χ2n) is 5.63. The summed E-state index contributed by atoms with van der Waals surface area (Å²) in [5.74, 6) is -1.04. The van der Waals surface area contributed by atoms with Gasteiger partial charge >= 0.3 is 5.97 Å². The third-order valence-electron chi connectivity index (χ3n) is 2.88. The van der Waals surface area contributed by atoms with Crippen LogP contribution in [0.4, 0.5) is 5.82 Å². The monoisotopic (exact) mass is 279 g/mol. The number of primary amides is 1. The lowest BCUT2D eigenvalue weighted by Gasteiger charge is -2.24. The summed E-state index contributed by atoms with van der Waals surface area (Å²) in [5.41, 5.74) is 5.74. The normalized spacial score (nSPS) is 11.2. The van der Waals surface area contributed by atoms with Gasteiger partial charge in [-0.2, -0.15) is 0 Å². The van der Waals surface area contributed by atoms with Crippen LogP contribution in [0, 0.1) is 0 Å². The largest absolute Gasteiger partial charge is 0.478 e. The van der Waals surface area contributed by atoms with Gasteiger partial charge < -0.3 is 15.7 Å². The van der Waals surface area contributed by atoms with Gasteiger partial charge in [0.15, 0.2) is 0 Å². The van der Waals surface area contributed by atoms with Gasteiger partial charge in [-0.15, -0.1) is 0 Å². The summed E-state index contributed by atoms with van der Waals surface area (Å²) in [5, 5.41) is 9.20. The van der Waals surface area contributed by atoms with Crippen LogP contribution in [0.2, 0.25) is 0 Å². The van der Waals surface area contributed by atoms with Crippen molar-refractivity contribution in [2.45, 2.75) is 33.1 Å². The number of nitrogens with zero attached hydrogens (tertiary/aromatic N) is 2. The van der Waals surface area contributed by atoms with Gasteiger partial charge in [-0.3, -0.25) is 4.79 Å². The van der Waals surface area contributed by atoms with E-state index in [2.05, 4.69) is 4.98 Å². The summed E-state index contributed by atoms with van der Waals surface area (Å²) in [7, 11) is 0. The molecule has 20 heavy (non-hydrogen) atoms. The Balaban J connectivity index is 3.34. The SMILES string of the molecule is CCN(CC(N)=O)c1cc(C(=O)O)cc(C(C)(C)C)n1. The predicted octanol–water partition coefficient (Wildman–Crippen LogP) is 1.39. The van der Waals surface area contributed by atoms with E-state index in [1.54, 1.807) is 11.0 Å². The molecule has 0 aromatic carbocycles. The maximum Gasteiger partial charge on any atom is 0.335 e. The third-order valence-corrected chi connectivity index (χ3v) is 2.88. The fraction of sp³-hybridized carbons (Fsp3) is 0.500. The topological polar surface area (TPSA) is 96.5 Å². The van der Waals surface area contributed by atoms with E-state index >= 15 is 0 Å². The molecule has 0 radical (unpaired) electrons. The van der Waals surface area contributed by atoms with Crippen molar-refractivity contribution in [3.8, 4) is 0 Å². The number of aromatic nitrogens is 1. The number of carbonyl (C=O) groups is 2. The molecule has 0 saturated carbocycles. The molecule has 1 amide bonds. The van der Waals surface area contributed by atoms with E-state index in [9.17, 15) is 14.7 Å². The molecule has 0 bridgehead atoms. The quantitative estimate of drug-likeness (QED) is 0.849. The minimum atomic E-state index is -1.02. The van der Waals surface area contributed by atoms with Crippen molar-refractivity contribution in [2.24, 2.45) is 5.73 Å². The molecule has 0 unspecified atom stereocenters. The van der Waals surface area contributed by atoms with Crippen molar-refractivity contribution < 1.29 is 14.7 Å². The van der Waals surface area contributed by atoms with Crippen LogP contribution < -0.4 is 10.6 Å². The smallest absolute Gasteiger partial charge is 0.335 e.